The molecule has 0 saturated carbocycles. The van der Waals surface area contributed by atoms with Crippen molar-refractivity contribution in [3.63, 3.8) is 0 Å². The van der Waals surface area contributed by atoms with E-state index in [4.69, 9.17) is 18.9 Å². The van der Waals surface area contributed by atoms with Crippen LogP contribution in [0.4, 0.5) is 0 Å². The maximum atomic E-state index is 12.5. The van der Waals surface area contributed by atoms with Crippen LogP contribution in [0.1, 0.15) is 15.9 Å². The predicted molar refractivity (Wildman–Crippen MR) is 108 cm³/mol. The molecule has 2 aromatic carbocycles. The Morgan fingerprint density at radius 2 is 1.55 bits per heavy atom. The Morgan fingerprint density at radius 1 is 0.966 bits per heavy atom. The summed E-state index contributed by atoms with van der Waals surface area (Å²) in [5.74, 6) is 1.90. The summed E-state index contributed by atoms with van der Waals surface area (Å²) in [4.78, 5) is 14.6. The van der Waals surface area contributed by atoms with E-state index in [1.165, 1.54) is 21.3 Å². The molecule has 0 unspecified atom stereocenters. The summed E-state index contributed by atoms with van der Waals surface area (Å²) in [5.41, 5.74) is 1.40. The third kappa shape index (κ3) is 7.03. The van der Waals surface area contributed by atoms with E-state index in [1.54, 1.807) is 12.1 Å². The first-order valence-electron chi connectivity index (χ1n) is 8.93. The Morgan fingerprint density at radius 3 is 2.03 bits per heavy atom. The number of nitrogens with zero attached hydrogens (tertiary/aromatic N) is 1. The van der Waals surface area contributed by atoms with E-state index in [9.17, 15) is 4.79 Å². The van der Waals surface area contributed by atoms with Gasteiger partial charge in [-0.05, 0) is 43.9 Å². The van der Waals surface area contributed by atoms with Crippen LogP contribution in [-0.2, 0) is 6.54 Å². The van der Waals surface area contributed by atoms with Crippen molar-refractivity contribution in [2.24, 2.45) is 0 Å². The summed E-state index contributed by atoms with van der Waals surface area (Å²) in [6.45, 7) is 1.88. The summed E-state index contributed by atoms with van der Waals surface area (Å²) >= 11 is 0. The predicted octanol–water partition coefficient (Wildman–Crippen LogP) is -0.413. The Hall–Kier alpha value is -2.64. The second-order valence-electron chi connectivity index (χ2n) is 6.39. The van der Waals surface area contributed by atoms with Crippen molar-refractivity contribution >= 4 is 5.91 Å². The first kappa shape index (κ1) is 24.4. The Kier molecular flexibility index (Phi) is 10.1. The van der Waals surface area contributed by atoms with E-state index in [0.29, 0.717) is 36.0 Å². The zero-order chi connectivity index (χ0) is 20.5. The average molecular weight is 424 g/mol. The van der Waals surface area contributed by atoms with Crippen molar-refractivity contribution < 1.29 is 36.1 Å². The highest BCUT2D eigenvalue weighted by molar-refractivity contribution is 5.95. The molecule has 0 aromatic heterocycles. The number of carbonyl (C=O) groups excluding carboxylic acids is 1. The first-order valence-corrected chi connectivity index (χ1v) is 8.93. The lowest BCUT2D eigenvalue weighted by molar-refractivity contribution is -0.0000153. The maximum Gasteiger partial charge on any atom is 0.251 e. The van der Waals surface area contributed by atoms with Crippen molar-refractivity contribution in [1.82, 2.24) is 10.2 Å². The number of hydrogen-bond acceptors (Lipinski definition) is 6. The minimum atomic E-state index is -0.231. The van der Waals surface area contributed by atoms with Gasteiger partial charge in [-0.25, -0.2) is 0 Å². The second kappa shape index (κ2) is 12.0. The molecule has 2 aromatic rings. The topological polar surface area (TPSA) is 69.3 Å². The van der Waals surface area contributed by atoms with Crippen molar-refractivity contribution in [2.45, 2.75) is 6.54 Å². The number of ether oxygens (including phenoxy) is 4. The van der Waals surface area contributed by atoms with Gasteiger partial charge in [-0.1, -0.05) is 12.1 Å². The normalized spacial score (nSPS) is 10.1. The van der Waals surface area contributed by atoms with Gasteiger partial charge in [-0.2, -0.15) is 0 Å². The van der Waals surface area contributed by atoms with Crippen LogP contribution in [0.2, 0.25) is 0 Å². The van der Waals surface area contributed by atoms with E-state index in [0.717, 1.165) is 17.9 Å². The molecule has 7 nitrogen and oxygen atoms in total. The van der Waals surface area contributed by atoms with E-state index in [2.05, 4.69) is 10.2 Å². The lowest BCUT2D eigenvalue weighted by atomic mass is 10.1. The van der Waals surface area contributed by atoms with Crippen LogP contribution in [0.25, 0.3) is 0 Å². The van der Waals surface area contributed by atoms with Gasteiger partial charge in [0.05, 0.1) is 21.3 Å². The Bertz CT molecular complexity index is 756. The van der Waals surface area contributed by atoms with Crippen LogP contribution in [-0.4, -0.2) is 59.4 Å². The minimum absolute atomic E-state index is 0. The summed E-state index contributed by atoms with van der Waals surface area (Å²) < 4.78 is 21.5. The molecule has 0 atom stereocenters. The average Bonchev–Trinajstić information content (AvgIpc) is 2.71. The largest absolute Gasteiger partial charge is 1.00 e. The van der Waals surface area contributed by atoms with Crippen LogP contribution >= 0.6 is 0 Å². The number of nitrogens with one attached hydrogen (secondary N) is 1. The molecule has 0 radical (unpaired) electrons. The highest BCUT2D eigenvalue weighted by Crippen LogP contribution is 2.38. The van der Waals surface area contributed by atoms with Crippen LogP contribution in [0, 0.1) is 0 Å². The van der Waals surface area contributed by atoms with Crippen molar-refractivity contribution in [2.75, 3.05) is 48.6 Å². The fourth-order valence-corrected chi connectivity index (χ4v) is 2.55. The molecule has 0 aliphatic heterocycles. The molecule has 0 aliphatic rings. The zero-order valence-corrected chi connectivity index (χ0v) is 18.2. The van der Waals surface area contributed by atoms with Gasteiger partial charge in [-0.3, -0.25) is 4.79 Å². The Balaban J connectivity index is 0.00000420. The van der Waals surface area contributed by atoms with Gasteiger partial charge < -0.3 is 41.6 Å². The van der Waals surface area contributed by atoms with Crippen LogP contribution in [0.3, 0.4) is 0 Å². The lowest BCUT2D eigenvalue weighted by Crippen LogP contribution is -3.00. The zero-order valence-electron chi connectivity index (χ0n) is 17.5. The van der Waals surface area contributed by atoms with E-state index in [1.807, 2.05) is 38.4 Å². The summed E-state index contributed by atoms with van der Waals surface area (Å²) in [7, 11) is 8.56. The third-order valence-corrected chi connectivity index (χ3v) is 4.11. The van der Waals surface area contributed by atoms with Crippen LogP contribution < -0.4 is 36.7 Å². The molecule has 1 amide bonds. The number of halogens is 1. The number of amides is 1. The minimum Gasteiger partial charge on any atom is -1.00 e. The van der Waals surface area contributed by atoms with Gasteiger partial charge in [0.2, 0.25) is 5.75 Å². The molecule has 0 aliphatic carbocycles. The highest BCUT2D eigenvalue weighted by atomic mass is 35.5. The SMILES string of the molecule is COc1cc(C(=O)NCc2ccc(OCCN(C)C)cc2)cc(OC)c1OC.[Cl-]. The van der Waals surface area contributed by atoms with Gasteiger partial charge in [0, 0.05) is 18.7 Å². The van der Waals surface area contributed by atoms with Crippen LogP contribution in [0.5, 0.6) is 23.0 Å². The first-order chi connectivity index (χ1) is 13.5. The number of rotatable bonds is 10. The van der Waals surface area contributed by atoms with Gasteiger partial charge >= 0.3 is 0 Å². The van der Waals surface area contributed by atoms with E-state index < -0.39 is 0 Å². The van der Waals surface area contributed by atoms with Crippen molar-refractivity contribution in [3.05, 3.63) is 47.5 Å². The molecule has 0 heterocycles. The molecule has 2 rings (SSSR count). The number of benzene rings is 2. The number of likely N-dealkylation sites (N-methyl/N-ethyl adjacent to an activating group) is 1. The molecular formula is C21H28ClN2O5-. The van der Waals surface area contributed by atoms with Crippen molar-refractivity contribution in [3.8, 4) is 23.0 Å². The molecule has 29 heavy (non-hydrogen) atoms. The van der Waals surface area contributed by atoms with Crippen LogP contribution in [0.15, 0.2) is 36.4 Å². The Labute approximate surface area is 178 Å². The smallest absolute Gasteiger partial charge is 0.251 e. The van der Waals surface area contributed by atoms with Gasteiger partial charge in [0.1, 0.15) is 12.4 Å². The monoisotopic (exact) mass is 423 g/mol. The van der Waals surface area contributed by atoms with Gasteiger partial charge in [0.25, 0.3) is 5.91 Å². The maximum absolute atomic E-state index is 12.5. The molecule has 160 valence electrons. The molecule has 8 heteroatoms. The summed E-state index contributed by atoms with van der Waals surface area (Å²) in [5, 5.41) is 2.89. The second-order valence-corrected chi connectivity index (χ2v) is 6.39. The summed E-state index contributed by atoms with van der Waals surface area (Å²) in [6, 6.07) is 10.9. The quantitative estimate of drug-likeness (QED) is 0.560. The fourth-order valence-electron chi connectivity index (χ4n) is 2.55. The molecule has 0 bridgehead atoms. The highest BCUT2D eigenvalue weighted by Gasteiger charge is 2.16. The molecule has 0 fully saturated rings. The van der Waals surface area contributed by atoms with E-state index in [-0.39, 0.29) is 18.3 Å². The number of hydrogen-bond donors (Lipinski definition) is 1. The molecule has 1 N–H and O–H groups in total. The summed E-state index contributed by atoms with van der Waals surface area (Å²) in [6.07, 6.45) is 0. The number of methoxy groups -OCH3 is 3. The molecule has 0 spiro atoms. The molecule has 0 saturated heterocycles. The molecular weight excluding hydrogens is 396 g/mol. The van der Waals surface area contributed by atoms with Gasteiger partial charge in [-0.15, -0.1) is 0 Å². The van der Waals surface area contributed by atoms with Crippen molar-refractivity contribution in [1.29, 1.82) is 0 Å². The van der Waals surface area contributed by atoms with Gasteiger partial charge in [0.15, 0.2) is 11.5 Å². The standard InChI is InChI=1S/C21H28N2O5.ClH/c1-23(2)10-11-28-17-8-6-15(7-9-17)14-22-21(24)16-12-18(25-3)20(27-5)19(13-16)26-4;/h6-9,12-13H,10-11,14H2,1-5H3,(H,22,24);1H/p-1. The fraction of sp³-hybridized carbons (Fsp3) is 0.381. The number of carbonyl (C=O) groups is 1. The lowest BCUT2D eigenvalue weighted by Gasteiger charge is -2.14. The third-order valence-electron chi connectivity index (χ3n) is 4.11. The van der Waals surface area contributed by atoms with E-state index >= 15 is 0 Å².